The average molecular weight is 331 g/mol. The van der Waals surface area contributed by atoms with Crippen LogP contribution in [0.25, 0.3) is 0 Å². The maximum atomic E-state index is 11.0. The molecule has 0 spiro atoms. The molecule has 1 heterocycles. The number of rotatable bonds is 4. The zero-order valence-electron chi connectivity index (χ0n) is 12.0. The lowest BCUT2D eigenvalue weighted by Gasteiger charge is -2.25. The van der Waals surface area contributed by atoms with Crippen LogP contribution in [0.2, 0.25) is 10.0 Å². The second kappa shape index (κ2) is 7.99. The van der Waals surface area contributed by atoms with Crippen molar-refractivity contribution in [3.8, 4) is 0 Å². The van der Waals surface area contributed by atoms with E-state index in [9.17, 15) is 4.79 Å². The van der Waals surface area contributed by atoms with Gasteiger partial charge in [-0.3, -0.25) is 4.79 Å². The Bertz CT molecular complexity index is 497. The van der Waals surface area contributed by atoms with Gasteiger partial charge in [0.1, 0.15) is 0 Å². The van der Waals surface area contributed by atoms with Crippen LogP contribution in [0.3, 0.4) is 0 Å². The first-order valence-corrected chi connectivity index (χ1v) is 7.85. The summed E-state index contributed by atoms with van der Waals surface area (Å²) < 4.78 is 5.93. The molecule has 0 saturated carbocycles. The first kappa shape index (κ1) is 16.6. The highest BCUT2D eigenvalue weighted by Crippen LogP contribution is 2.30. The van der Waals surface area contributed by atoms with E-state index in [4.69, 9.17) is 27.9 Å². The molecule has 1 amide bonds. The Morgan fingerprint density at radius 1 is 1.43 bits per heavy atom. The van der Waals surface area contributed by atoms with Crippen LogP contribution in [0.15, 0.2) is 18.2 Å². The molecule has 0 unspecified atom stereocenters. The molecule has 2 atom stereocenters. The van der Waals surface area contributed by atoms with E-state index in [1.54, 1.807) is 0 Å². The molecule has 21 heavy (non-hydrogen) atoms. The summed E-state index contributed by atoms with van der Waals surface area (Å²) in [5.41, 5.74) is 1.10. The van der Waals surface area contributed by atoms with Gasteiger partial charge in [0.2, 0.25) is 5.91 Å². The van der Waals surface area contributed by atoms with Gasteiger partial charge in [0.15, 0.2) is 0 Å². The van der Waals surface area contributed by atoms with Crippen molar-refractivity contribution in [2.75, 3.05) is 26.2 Å². The largest absolute Gasteiger partial charge is 0.376 e. The van der Waals surface area contributed by atoms with E-state index in [2.05, 4.69) is 10.6 Å². The van der Waals surface area contributed by atoms with E-state index in [1.807, 2.05) is 18.2 Å². The van der Waals surface area contributed by atoms with Gasteiger partial charge >= 0.3 is 0 Å². The van der Waals surface area contributed by atoms with Crippen LogP contribution in [-0.4, -0.2) is 38.3 Å². The molecule has 1 aromatic carbocycles. The third kappa shape index (κ3) is 4.85. The Balaban J connectivity index is 2.10. The topological polar surface area (TPSA) is 50.4 Å². The van der Waals surface area contributed by atoms with E-state index in [0.717, 1.165) is 25.1 Å². The number of amides is 1. The standard InChI is InChI=1S/C15H20Cl2N2O2/c1-10(20)19-5-4-15-12(9-18-6-7-21-15)11-2-3-13(16)14(17)8-11/h2-3,8,12,15,18H,4-7,9H2,1H3,(H,19,20)/t12-,15-/m0/s1. The minimum absolute atomic E-state index is 0.0205. The minimum Gasteiger partial charge on any atom is -0.376 e. The summed E-state index contributed by atoms with van der Waals surface area (Å²) in [4.78, 5) is 11.0. The molecule has 4 nitrogen and oxygen atoms in total. The molecule has 0 radical (unpaired) electrons. The maximum Gasteiger partial charge on any atom is 0.216 e. The van der Waals surface area contributed by atoms with E-state index in [-0.39, 0.29) is 17.9 Å². The fourth-order valence-corrected chi connectivity index (χ4v) is 2.84. The van der Waals surface area contributed by atoms with E-state index in [1.165, 1.54) is 6.92 Å². The van der Waals surface area contributed by atoms with Gasteiger partial charge in [-0.05, 0) is 24.1 Å². The number of benzene rings is 1. The summed E-state index contributed by atoms with van der Waals surface area (Å²) >= 11 is 12.1. The molecule has 2 N–H and O–H groups in total. The Labute approximate surface area is 135 Å². The molecule has 0 aromatic heterocycles. The van der Waals surface area contributed by atoms with Crippen LogP contribution in [0.5, 0.6) is 0 Å². The van der Waals surface area contributed by atoms with E-state index >= 15 is 0 Å². The highest BCUT2D eigenvalue weighted by atomic mass is 35.5. The molecule has 116 valence electrons. The summed E-state index contributed by atoms with van der Waals surface area (Å²) in [7, 11) is 0. The normalized spacial score (nSPS) is 22.6. The Hall–Kier alpha value is -0.810. The van der Waals surface area contributed by atoms with Gasteiger partial charge in [0.05, 0.1) is 22.8 Å². The van der Waals surface area contributed by atoms with Crippen molar-refractivity contribution in [1.82, 2.24) is 10.6 Å². The van der Waals surface area contributed by atoms with Gasteiger partial charge in [0.25, 0.3) is 0 Å². The van der Waals surface area contributed by atoms with Crippen molar-refractivity contribution < 1.29 is 9.53 Å². The van der Waals surface area contributed by atoms with Crippen molar-refractivity contribution in [3.63, 3.8) is 0 Å². The molecular formula is C15H20Cl2N2O2. The zero-order valence-corrected chi connectivity index (χ0v) is 13.5. The van der Waals surface area contributed by atoms with E-state index < -0.39 is 0 Å². The Morgan fingerprint density at radius 2 is 2.24 bits per heavy atom. The summed E-state index contributed by atoms with van der Waals surface area (Å²) in [6.45, 7) is 4.45. The van der Waals surface area contributed by atoms with Gasteiger partial charge in [-0.1, -0.05) is 29.3 Å². The monoisotopic (exact) mass is 330 g/mol. The molecule has 1 aliphatic heterocycles. The average Bonchev–Trinajstić information content (AvgIpc) is 2.67. The number of ether oxygens (including phenoxy) is 1. The molecule has 1 fully saturated rings. The maximum absolute atomic E-state index is 11.0. The van der Waals surface area contributed by atoms with Gasteiger partial charge in [0, 0.05) is 32.5 Å². The zero-order chi connectivity index (χ0) is 15.2. The van der Waals surface area contributed by atoms with Crippen LogP contribution < -0.4 is 10.6 Å². The fraction of sp³-hybridized carbons (Fsp3) is 0.533. The van der Waals surface area contributed by atoms with Crippen LogP contribution >= 0.6 is 23.2 Å². The number of halogens is 2. The predicted octanol–water partition coefficient (Wildman–Crippen LogP) is 2.59. The molecule has 0 aliphatic carbocycles. The van der Waals surface area contributed by atoms with Gasteiger partial charge < -0.3 is 15.4 Å². The van der Waals surface area contributed by atoms with Crippen molar-refractivity contribution in [3.05, 3.63) is 33.8 Å². The van der Waals surface area contributed by atoms with Crippen LogP contribution in [-0.2, 0) is 9.53 Å². The lowest BCUT2D eigenvalue weighted by atomic mass is 9.91. The number of carbonyl (C=O) groups excluding carboxylic acids is 1. The Morgan fingerprint density at radius 3 is 2.95 bits per heavy atom. The third-order valence-electron chi connectivity index (χ3n) is 3.60. The SMILES string of the molecule is CC(=O)NCC[C@@H]1OCCNC[C@H]1c1ccc(Cl)c(Cl)c1. The Kier molecular flexibility index (Phi) is 6.30. The quantitative estimate of drug-likeness (QED) is 0.892. The lowest BCUT2D eigenvalue weighted by Crippen LogP contribution is -2.31. The number of hydrogen-bond donors (Lipinski definition) is 2. The van der Waals surface area contributed by atoms with Crippen LogP contribution in [0.1, 0.15) is 24.8 Å². The van der Waals surface area contributed by atoms with Crippen LogP contribution in [0.4, 0.5) is 0 Å². The summed E-state index contributed by atoms with van der Waals surface area (Å²) in [6, 6.07) is 5.70. The minimum atomic E-state index is -0.0205. The summed E-state index contributed by atoms with van der Waals surface area (Å²) in [5.74, 6) is 0.170. The molecule has 0 bridgehead atoms. The second-order valence-corrected chi connectivity index (χ2v) is 5.98. The van der Waals surface area contributed by atoms with Crippen molar-refractivity contribution in [1.29, 1.82) is 0 Å². The van der Waals surface area contributed by atoms with E-state index in [0.29, 0.717) is 23.2 Å². The van der Waals surface area contributed by atoms with Crippen LogP contribution in [0, 0.1) is 0 Å². The predicted molar refractivity (Wildman–Crippen MR) is 85.1 cm³/mol. The molecule has 1 aliphatic rings. The molecule has 1 aromatic rings. The first-order chi connectivity index (χ1) is 10.1. The van der Waals surface area contributed by atoms with Crippen molar-refractivity contribution in [2.45, 2.75) is 25.4 Å². The van der Waals surface area contributed by atoms with Crippen molar-refractivity contribution in [2.24, 2.45) is 0 Å². The highest BCUT2D eigenvalue weighted by molar-refractivity contribution is 6.42. The molecule has 1 saturated heterocycles. The summed E-state index contributed by atoms with van der Waals surface area (Å²) in [6.07, 6.45) is 0.815. The second-order valence-electron chi connectivity index (χ2n) is 5.17. The van der Waals surface area contributed by atoms with Gasteiger partial charge in [-0.15, -0.1) is 0 Å². The number of nitrogens with one attached hydrogen (secondary N) is 2. The highest BCUT2D eigenvalue weighted by Gasteiger charge is 2.26. The van der Waals surface area contributed by atoms with Crippen molar-refractivity contribution >= 4 is 29.1 Å². The van der Waals surface area contributed by atoms with Gasteiger partial charge in [-0.25, -0.2) is 0 Å². The molecular weight excluding hydrogens is 311 g/mol. The smallest absolute Gasteiger partial charge is 0.216 e. The number of carbonyl (C=O) groups is 1. The van der Waals surface area contributed by atoms with Gasteiger partial charge in [-0.2, -0.15) is 0 Å². The molecule has 6 heteroatoms. The first-order valence-electron chi connectivity index (χ1n) is 7.09. The number of hydrogen-bond acceptors (Lipinski definition) is 3. The molecule has 2 rings (SSSR count). The summed E-state index contributed by atoms with van der Waals surface area (Å²) in [5, 5.41) is 7.30. The third-order valence-corrected chi connectivity index (χ3v) is 4.34. The lowest BCUT2D eigenvalue weighted by molar-refractivity contribution is -0.119. The fourth-order valence-electron chi connectivity index (χ4n) is 2.54.